The van der Waals surface area contributed by atoms with Crippen LogP contribution in [0.25, 0.3) is 22.8 Å². The molecule has 0 spiro atoms. The van der Waals surface area contributed by atoms with Crippen molar-refractivity contribution < 1.29 is 0 Å². The number of nitriles is 1. The Labute approximate surface area is 141 Å². The monoisotopic (exact) mass is 314 g/mol. The van der Waals surface area contributed by atoms with Crippen LogP contribution in [0.3, 0.4) is 0 Å². The molecule has 0 saturated heterocycles. The van der Waals surface area contributed by atoms with E-state index in [9.17, 15) is 0 Å². The zero-order valence-corrected chi connectivity index (χ0v) is 14.0. The van der Waals surface area contributed by atoms with Gasteiger partial charge < -0.3 is 0 Å². The highest BCUT2D eigenvalue weighted by molar-refractivity contribution is 5.62. The molecule has 4 nitrogen and oxygen atoms in total. The summed E-state index contributed by atoms with van der Waals surface area (Å²) in [5.74, 6) is 2.20. The number of nitrogens with zero attached hydrogens (tertiary/aromatic N) is 4. The molecule has 118 valence electrons. The molecular formula is C20H18N4. The summed E-state index contributed by atoms with van der Waals surface area (Å²) in [5, 5.41) is 9.11. The summed E-state index contributed by atoms with van der Waals surface area (Å²) < 4.78 is 0. The molecule has 1 aromatic heterocycles. The summed E-state index contributed by atoms with van der Waals surface area (Å²) >= 11 is 0. The van der Waals surface area contributed by atoms with Crippen molar-refractivity contribution in [2.75, 3.05) is 0 Å². The molecule has 3 rings (SSSR count). The number of hydrogen-bond donors (Lipinski definition) is 0. The fraction of sp³-hybridized carbons (Fsp3) is 0.200. The van der Waals surface area contributed by atoms with E-state index in [0.717, 1.165) is 22.5 Å². The van der Waals surface area contributed by atoms with Gasteiger partial charge in [0.15, 0.2) is 11.6 Å². The Bertz CT molecular complexity index is 923. The molecular weight excluding hydrogens is 296 g/mol. The molecule has 0 aliphatic heterocycles. The van der Waals surface area contributed by atoms with E-state index < -0.39 is 0 Å². The molecule has 0 aliphatic rings. The van der Waals surface area contributed by atoms with Gasteiger partial charge in [0.25, 0.3) is 0 Å². The largest absolute Gasteiger partial charge is 0.213 e. The van der Waals surface area contributed by atoms with Crippen LogP contribution in [-0.2, 0) is 0 Å². The molecule has 3 aromatic rings. The zero-order valence-electron chi connectivity index (χ0n) is 14.0. The second-order valence-electron chi connectivity index (χ2n) is 6.06. The number of aryl methyl sites for hydroxylation is 1. The zero-order chi connectivity index (χ0) is 17.1. The van der Waals surface area contributed by atoms with Crippen LogP contribution in [0.1, 0.15) is 36.7 Å². The summed E-state index contributed by atoms with van der Waals surface area (Å²) in [6.45, 7) is 6.17. The van der Waals surface area contributed by atoms with Crippen LogP contribution in [0.15, 0.2) is 48.5 Å². The van der Waals surface area contributed by atoms with Gasteiger partial charge in [-0.25, -0.2) is 15.0 Å². The van der Waals surface area contributed by atoms with Gasteiger partial charge in [0.05, 0.1) is 11.6 Å². The molecule has 0 radical (unpaired) electrons. The lowest BCUT2D eigenvalue weighted by Crippen LogP contribution is -2.04. The quantitative estimate of drug-likeness (QED) is 0.713. The van der Waals surface area contributed by atoms with Crippen molar-refractivity contribution in [2.45, 2.75) is 26.7 Å². The number of benzene rings is 2. The van der Waals surface area contributed by atoms with E-state index in [2.05, 4.69) is 40.9 Å². The Hall–Kier alpha value is -3.06. The minimum Gasteiger partial charge on any atom is -0.213 e. The first-order chi connectivity index (χ1) is 11.6. The predicted octanol–water partition coefficient (Wildman–Crippen LogP) is 4.51. The molecule has 0 saturated carbocycles. The molecule has 0 bridgehead atoms. The maximum atomic E-state index is 9.11. The Morgan fingerprint density at radius 2 is 1.50 bits per heavy atom. The number of aromatic nitrogens is 3. The first-order valence-corrected chi connectivity index (χ1v) is 7.90. The lowest BCUT2D eigenvalue weighted by Gasteiger charge is -2.10. The van der Waals surface area contributed by atoms with E-state index >= 15 is 0 Å². The van der Waals surface area contributed by atoms with Gasteiger partial charge >= 0.3 is 0 Å². The average molecular weight is 314 g/mol. The maximum Gasteiger partial charge on any atom is 0.163 e. The normalized spacial score (nSPS) is 10.6. The van der Waals surface area contributed by atoms with E-state index in [0.29, 0.717) is 17.2 Å². The third-order valence-corrected chi connectivity index (χ3v) is 3.70. The average Bonchev–Trinajstić information content (AvgIpc) is 2.61. The van der Waals surface area contributed by atoms with E-state index in [1.54, 1.807) is 12.1 Å². The highest BCUT2D eigenvalue weighted by Gasteiger charge is 2.13. The summed E-state index contributed by atoms with van der Waals surface area (Å²) in [6, 6.07) is 17.6. The molecule has 0 aliphatic carbocycles. The van der Waals surface area contributed by atoms with E-state index in [-0.39, 0.29) is 5.92 Å². The summed E-state index contributed by atoms with van der Waals surface area (Å²) in [5.41, 5.74) is 3.55. The van der Waals surface area contributed by atoms with Gasteiger partial charge in [0.1, 0.15) is 5.82 Å². The first kappa shape index (κ1) is 15.8. The van der Waals surface area contributed by atoms with Crippen LogP contribution < -0.4 is 0 Å². The van der Waals surface area contributed by atoms with Crippen molar-refractivity contribution in [1.82, 2.24) is 15.0 Å². The summed E-state index contributed by atoms with van der Waals surface area (Å²) in [7, 11) is 0. The Morgan fingerprint density at radius 3 is 2.08 bits per heavy atom. The maximum absolute atomic E-state index is 9.11. The van der Waals surface area contributed by atoms with Gasteiger partial charge in [-0.05, 0) is 25.1 Å². The standard InChI is InChI=1S/C20H18N4/c1-13(2)18-22-19(16-8-4-6-14(3)10-16)24-20(23-18)17-9-5-7-15(11-17)12-21/h4-11,13H,1-3H3. The lowest BCUT2D eigenvalue weighted by atomic mass is 10.1. The molecule has 4 heteroatoms. The molecule has 0 fully saturated rings. The molecule has 0 atom stereocenters. The Kier molecular flexibility index (Phi) is 4.35. The van der Waals surface area contributed by atoms with Gasteiger partial charge in [-0.15, -0.1) is 0 Å². The lowest BCUT2D eigenvalue weighted by molar-refractivity contribution is 0.766. The number of hydrogen-bond acceptors (Lipinski definition) is 4. The van der Waals surface area contributed by atoms with Crippen LogP contribution in [0.4, 0.5) is 0 Å². The third kappa shape index (κ3) is 3.31. The van der Waals surface area contributed by atoms with E-state index in [4.69, 9.17) is 5.26 Å². The Balaban J connectivity index is 2.18. The first-order valence-electron chi connectivity index (χ1n) is 7.90. The van der Waals surface area contributed by atoms with Crippen molar-refractivity contribution in [3.63, 3.8) is 0 Å². The van der Waals surface area contributed by atoms with Crippen molar-refractivity contribution in [3.8, 4) is 28.8 Å². The summed E-state index contributed by atoms with van der Waals surface area (Å²) in [4.78, 5) is 13.9. The summed E-state index contributed by atoms with van der Waals surface area (Å²) in [6.07, 6.45) is 0. The minimum atomic E-state index is 0.189. The van der Waals surface area contributed by atoms with Crippen LogP contribution in [0.5, 0.6) is 0 Å². The fourth-order valence-corrected chi connectivity index (χ4v) is 2.42. The fourth-order valence-electron chi connectivity index (χ4n) is 2.42. The molecule has 2 aromatic carbocycles. The Morgan fingerprint density at radius 1 is 0.875 bits per heavy atom. The van der Waals surface area contributed by atoms with E-state index in [1.807, 2.05) is 37.3 Å². The highest BCUT2D eigenvalue weighted by Crippen LogP contribution is 2.23. The van der Waals surface area contributed by atoms with Gasteiger partial charge in [-0.3, -0.25) is 0 Å². The van der Waals surface area contributed by atoms with Gasteiger partial charge in [0, 0.05) is 17.0 Å². The van der Waals surface area contributed by atoms with E-state index in [1.165, 1.54) is 0 Å². The van der Waals surface area contributed by atoms with Crippen molar-refractivity contribution >= 4 is 0 Å². The van der Waals surface area contributed by atoms with Crippen LogP contribution >= 0.6 is 0 Å². The second kappa shape index (κ2) is 6.59. The van der Waals surface area contributed by atoms with Crippen LogP contribution in [-0.4, -0.2) is 15.0 Å². The van der Waals surface area contributed by atoms with Crippen molar-refractivity contribution in [1.29, 1.82) is 5.26 Å². The smallest absolute Gasteiger partial charge is 0.163 e. The van der Waals surface area contributed by atoms with Crippen molar-refractivity contribution in [2.24, 2.45) is 0 Å². The highest BCUT2D eigenvalue weighted by atomic mass is 15.0. The minimum absolute atomic E-state index is 0.189. The predicted molar refractivity (Wildman–Crippen MR) is 94.2 cm³/mol. The molecule has 24 heavy (non-hydrogen) atoms. The molecule has 0 amide bonds. The topological polar surface area (TPSA) is 62.5 Å². The molecule has 0 N–H and O–H groups in total. The number of rotatable bonds is 3. The van der Waals surface area contributed by atoms with Crippen LogP contribution in [0, 0.1) is 18.3 Å². The van der Waals surface area contributed by atoms with Gasteiger partial charge in [0.2, 0.25) is 0 Å². The molecule has 1 heterocycles. The van der Waals surface area contributed by atoms with Gasteiger partial charge in [-0.2, -0.15) is 5.26 Å². The van der Waals surface area contributed by atoms with Crippen LogP contribution in [0.2, 0.25) is 0 Å². The SMILES string of the molecule is Cc1cccc(-c2nc(-c3cccc(C#N)c3)nc(C(C)C)n2)c1. The third-order valence-electron chi connectivity index (χ3n) is 3.70. The molecule has 0 unspecified atom stereocenters. The van der Waals surface area contributed by atoms with Crippen molar-refractivity contribution in [3.05, 3.63) is 65.5 Å². The van der Waals surface area contributed by atoms with Gasteiger partial charge in [-0.1, -0.05) is 49.7 Å². The second-order valence-corrected chi connectivity index (χ2v) is 6.06.